The lowest BCUT2D eigenvalue weighted by atomic mass is 10.2. The molecule has 1 aromatic heterocycles. The third-order valence-corrected chi connectivity index (χ3v) is 5.55. The zero-order valence-electron chi connectivity index (χ0n) is 15.3. The number of hydrogen-bond acceptors (Lipinski definition) is 8. The van der Waals surface area contributed by atoms with E-state index in [9.17, 15) is 19.7 Å². The summed E-state index contributed by atoms with van der Waals surface area (Å²) < 4.78 is 17.6. The van der Waals surface area contributed by atoms with E-state index in [4.69, 9.17) is 25.8 Å². The number of thiazole rings is 1. The van der Waals surface area contributed by atoms with Crippen LogP contribution >= 0.6 is 22.9 Å². The van der Waals surface area contributed by atoms with Gasteiger partial charge in [0.1, 0.15) is 12.1 Å². The second kappa shape index (κ2) is 7.76. The van der Waals surface area contributed by atoms with Gasteiger partial charge in [-0.15, -0.1) is 0 Å². The first-order chi connectivity index (χ1) is 14.4. The molecule has 0 saturated heterocycles. The molecule has 2 aromatic carbocycles. The van der Waals surface area contributed by atoms with E-state index < -0.39 is 22.5 Å². The summed E-state index contributed by atoms with van der Waals surface area (Å²) in [6, 6.07) is 7.01. The van der Waals surface area contributed by atoms with Crippen molar-refractivity contribution >= 4 is 50.7 Å². The Labute approximate surface area is 177 Å². The molecule has 154 valence electrons. The highest BCUT2D eigenvalue weighted by atomic mass is 35.5. The maximum absolute atomic E-state index is 12.8. The van der Waals surface area contributed by atoms with Crippen LogP contribution in [0.25, 0.3) is 10.2 Å². The number of halogens is 1. The molecule has 3 aromatic rings. The molecule has 0 saturated carbocycles. The Morgan fingerprint density at radius 3 is 2.73 bits per heavy atom. The molecule has 10 nitrogen and oxygen atoms in total. The fourth-order valence-corrected chi connectivity index (χ4v) is 4.09. The molecule has 0 atom stereocenters. The van der Waals surface area contributed by atoms with Gasteiger partial charge in [-0.1, -0.05) is 22.9 Å². The first-order valence-corrected chi connectivity index (χ1v) is 9.59. The topological polar surface area (TPSA) is 122 Å². The van der Waals surface area contributed by atoms with Gasteiger partial charge in [0, 0.05) is 23.2 Å². The number of amides is 1. The second-order valence-corrected chi connectivity index (χ2v) is 7.50. The van der Waals surface area contributed by atoms with Crippen molar-refractivity contribution in [1.29, 1.82) is 0 Å². The number of nitro groups is 1. The van der Waals surface area contributed by atoms with Crippen molar-refractivity contribution in [3.8, 4) is 11.5 Å². The summed E-state index contributed by atoms with van der Waals surface area (Å²) in [6.07, 6.45) is 0. The molecule has 1 amide bonds. The van der Waals surface area contributed by atoms with Gasteiger partial charge in [0.2, 0.25) is 6.79 Å². The molecule has 0 aliphatic carbocycles. The Bertz CT molecular complexity index is 1280. The fraction of sp³-hybridized carbons (Fsp3) is 0.167. The quantitative estimate of drug-likeness (QED) is 0.341. The monoisotopic (exact) mass is 449 g/mol. The number of methoxy groups -OCH3 is 1. The Morgan fingerprint density at radius 2 is 2.03 bits per heavy atom. The van der Waals surface area contributed by atoms with E-state index in [1.54, 1.807) is 12.1 Å². The van der Waals surface area contributed by atoms with Crippen LogP contribution in [0, 0.1) is 10.1 Å². The third-order valence-electron chi connectivity index (χ3n) is 4.27. The number of carbonyl (C=O) groups is 2. The van der Waals surface area contributed by atoms with Crippen LogP contribution in [0.15, 0.2) is 35.3 Å². The van der Waals surface area contributed by atoms with Crippen LogP contribution in [0.5, 0.6) is 11.5 Å². The number of rotatable bonds is 4. The SMILES string of the molecule is COC(=O)Cn1c(=NC(=O)c2cc(Cl)ccc2[N+](=O)[O-])sc2cc3c(cc21)OCO3. The van der Waals surface area contributed by atoms with E-state index >= 15 is 0 Å². The van der Waals surface area contributed by atoms with E-state index in [2.05, 4.69) is 4.99 Å². The van der Waals surface area contributed by atoms with Crippen LogP contribution < -0.4 is 14.3 Å². The predicted octanol–water partition coefficient (Wildman–Crippen LogP) is 2.91. The largest absolute Gasteiger partial charge is 0.468 e. The molecule has 12 heteroatoms. The molecule has 0 radical (unpaired) electrons. The smallest absolute Gasteiger partial charge is 0.325 e. The summed E-state index contributed by atoms with van der Waals surface area (Å²) in [5.74, 6) is -0.413. The normalized spacial score (nSPS) is 12.9. The maximum atomic E-state index is 12.8. The Morgan fingerprint density at radius 1 is 1.30 bits per heavy atom. The molecule has 0 N–H and O–H groups in total. The van der Waals surface area contributed by atoms with Crippen molar-refractivity contribution in [3.63, 3.8) is 0 Å². The minimum absolute atomic E-state index is 0.0811. The molecule has 0 spiro atoms. The van der Waals surface area contributed by atoms with Crippen molar-refractivity contribution in [2.45, 2.75) is 6.54 Å². The lowest BCUT2D eigenvalue weighted by Crippen LogP contribution is -2.22. The summed E-state index contributed by atoms with van der Waals surface area (Å²) in [5, 5.41) is 11.4. The highest BCUT2D eigenvalue weighted by Crippen LogP contribution is 2.37. The Hall–Kier alpha value is -3.44. The molecule has 0 unspecified atom stereocenters. The molecule has 0 bridgehead atoms. The fourth-order valence-electron chi connectivity index (χ4n) is 2.88. The average molecular weight is 450 g/mol. The summed E-state index contributed by atoms with van der Waals surface area (Å²) in [4.78, 5) is 39.5. The molecule has 30 heavy (non-hydrogen) atoms. The van der Waals surface area contributed by atoms with Crippen molar-refractivity contribution in [2.24, 2.45) is 4.99 Å². The number of hydrogen-bond donors (Lipinski definition) is 0. The molecular weight excluding hydrogens is 438 g/mol. The number of carbonyl (C=O) groups excluding carboxylic acids is 2. The molecule has 1 aliphatic heterocycles. The van der Waals surface area contributed by atoms with E-state index in [0.29, 0.717) is 21.7 Å². The number of benzene rings is 2. The number of aromatic nitrogens is 1. The van der Waals surface area contributed by atoms with Crippen LogP contribution in [-0.4, -0.2) is 35.3 Å². The predicted molar refractivity (Wildman–Crippen MR) is 106 cm³/mol. The lowest BCUT2D eigenvalue weighted by molar-refractivity contribution is -0.385. The van der Waals surface area contributed by atoms with Gasteiger partial charge in [0.15, 0.2) is 16.3 Å². The zero-order chi connectivity index (χ0) is 21.4. The molecule has 0 fully saturated rings. The van der Waals surface area contributed by atoms with E-state index in [0.717, 1.165) is 17.4 Å². The van der Waals surface area contributed by atoms with Crippen LogP contribution in [-0.2, 0) is 16.1 Å². The van der Waals surface area contributed by atoms with Crippen molar-refractivity contribution in [1.82, 2.24) is 4.57 Å². The summed E-state index contributed by atoms with van der Waals surface area (Å²) in [7, 11) is 1.24. The standard InChI is InChI=1S/C18H12ClN3O7S/c1-27-16(23)7-21-12-5-13-14(29-8-28-13)6-15(12)30-18(21)20-17(24)10-4-9(19)2-3-11(10)22(25)26/h2-6H,7-8H2,1H3. The van der Waals surface area contributed by atoms with Crippen molar-refractivity contribution in [3.05, 3.63) is 55.8 Å². The lowest BCUT2D eigenvalue weighted by Gasteiger charge is -2.04. The van der Waals surface area contributed by atoms with E-state index in [1.165, 1.54) is 23.8 Å². The van der Waals surface area contributed by atoms with Gasteiger partial charge in [0.05, 0.1) is 22.2 Å². The number of fused-ring (bicyclic) bond motifs is 2. The highest BCUT2D eigenvalue weighted by Gasteiger charge is 2.22. The van der Waals surface area contributed by atoms with E-state index in [1.807, 2.05) is 0 Å². The second-order valence-electron chi connectivity index (χ2n) is 6.06. The molecular formula is C18H12ClN3O7S. The first-order valence-electron chi connectivity index (χ1n) is 8.40. The molecule has 1 aliphatic rings. The van der Waals surface area contributed by atoms with Crippen LogP contribution in [0.3, 0.4) is 0 Å². The van der Waals surface area contributed by atoms with Gasteiger partial charge >= 0.3 is 5.97 Å². The van der Waals surface area contributed by atoms with Gasteiger partial charge in [0.25, 0.3) is 11.6 Å². The Kier molecular flexibility index (Phi) is 5.14. The van der Waals surface area contributed by atoms with Crippen LogP contribution in [0.4, 0.5) is 5.69 Å². The van der Waals surface area contributed by atoms with Gasteiger partial charge in [-0.2, -0.15) is 4.99 Å². The van der Waals surface area contributed by atoms with Crippen molar-refractivity contribution < 1.29 is 28.7 Å². The molecule has 2 heterocycles. The van der Waals surface area contributed by atoms with Crippen LogP contribution in [0.2, 0.25) is 5.02 Å². The minimum atomic E-state index is -0.866. The number of nitrogens with zero attached hydrogens (tertiary/aromatic N) is 3. The zero-order valence-corrected chi connectivity index (χ0v) is 16.9. The summed E-state index contributed by atoms with van der Waals surface area (Å²) in [5.41, 5.74) is -0.111. The summed E-state index contributed by atoms with van der Waals surface area (Å²) >= 11 is 7.01. The average Bonchev–Trinajstić information content (AvgIpc) is 3.29. The number of nitro benzene ring substituents is 1. The highest BCUT2D eigenvalue weighted by molar-refractivity contribution is 7.16. The van der Waals surface area contributed by atoms with Gasteiger partial charge in [-0.25, -0.2) is 0 Å². The summed E-state index contributed by atoms with van der Waals surface area (Å²) in [6.45, 7) is -0.141. The van der Waals surface area contributed by atoms with E-state index in [-0.39, 0.29) is 28.7 Å². The molecule has 4 rings (SSSR count). The first kappa shape index (κ1) is 19.9. The van der Waals surface area contributed by atoms with Gasteiger partial charge in [-0.05, 0) is 12.1 Å². The minimum Gasteiger partial charge on any atom is -0.468 e. The third kappa shape index (κ3) is 3.60. The van der Waals surface area contributed by atoms with Gasteiger partial charge in [-0.3, -0.25) is 19.7 Å². The van der Waals surface area contributed by atoms with Crippen molar-refractivity contribution in [2.75, 3.05) is 13.9 Å². The Balaban J connectivity index is 1.89. The van der Waals surface area contributed by atoms with Crippen LogP contribution in [0.1, 0.15) is 10.4 Å². The number of ether oxygens (including phenoxy) is 3. The maximum Gasteiger partial charge on any atom is 0.325 e. The van der Waals surface area contributed by atoms with Gasteiger partial charge < -0.3 is 18.8 Å². The number of esters is 1.